The highest BCUT2D eigenvalue weighted by molar-refractivity contribution is 6.15. The van der Waals surface area contributed by atoms with Crippen molar-refractivity contribution in [2.45, 2.75) is 27.7 Å². The van der Waals surface area contributed by atoms with Crippen molar-refractivity contribution >= 4 is 17.8 Å². The molecule has 0 saturated carbocycles. The zero-order valence-electron chi connectivity index (χ0n) is 14.8. The van der Waals surface area contributed by atoms with Crippen LogP contribution in [0.15, 0.2) is 42.2 Å². The molecule has 0 fully saturated rings. The van der Waals surface area contributed by atoms with Gasteiger partial charge < -0.3 is 9.47 Å². The van der Waals surface area contributed by atoms with E-state index in [1.54, 1.807) is 32.1 Å². The van der Waals surface area contributed by atoms with Gasteiger partial charge in [-0.25, -0.2) is 0 Å². The standard InChI is InChI=1S/C21H20O4/c1-12(2)21(23)24-16-9-14(4)19-17(11-16)25-18(20(19)22)10-15-8-6-5-7-13(15)3/h5-12H,1-4H3/b18-10-. The average Bonchev–Trinajstić information content (AvgIpc) is 2.86. The van der Waals surface area contributed by atoms with Crippen LogP contribution in [0.25, 0.3) is 6.08 Å². The van der Waals surface area contributed by atoms with Gasteiger partial charge in [0.2, 0.25) is 5.78 Å². The highest BCUT2D eigenvalue weighted by atomic mass is 16.5. The molecule has 0 saturated heterocycles. The van der Waals surface area contributed by atoms with Crippen molar-refractivity contribution in [3.8, 4) is 11.5 Å². The molecule has 2 aromatic rings. The molecular weight excluding hydrogens is 316 g/mol. The number of carbonyl (C=O) groups is 2. The van der Waals surface area contributed by atoms with Crippen LogP contribution in [0.2, 0.25) is 0 Å². The lowest BCUT2D eigenvalue weighted by Gasteiger charge is -2.09. The lowest BCUT2D eigenvalue weighted by molar-refractivity contribution is -0.137. The molecule has 1 heterocycles. The summed E-state index contributed by atoms with van der Waals surface area (Å²) in [6.07, 6.45) is 1.75. The van der Waals surface area contributed by atoms with E-state index in [1.165, 1.54) is 0 Å². The lowest BCUT2D eigenvalue weighted by atomic mass is 10.0. The van der Waals surface area contributed by atoms with Gasteiger partial charge in [-0.1, -0.05) is 38.1 Å². The smallest absolute Gasteiger partial charge is 0.313 e. The van der Waals surface area contributed by atoms with Gasteiger partial charge >= 0.3 is 5.97 Å². The molecule has 3 rings (SSSR count). The molecule has 4 nitrogen and oxygen atoms in total. The summed E-state index contributed by atoms with van der Waals surface area (Å²) >= 11 is 0. The summed E-state index contributed by atoms with van der Waals surface area (Å²) in [6, 6.07) is 11.1. The van der Waals surface area contributed by atoms with Crippen LogP contribution in [0.5, 0.6) is 11.5 Å². The topological polar surface area (TPSA) is 52.6 Å². The molecule has 0 aliphatic carbocycles. The number of rotatable bonds is 3. The second kappa shape index (κ2) is 6.55. The third-order valence-corrected chi connectivity index (χ3v) is 4.11. The highest BCUT2D eigenvalue weighted by Crippen LogP contribution is 2.37. The van der Waals surface area contributed by atoms with Crippen molar-refractivity contribution in [1.29, 1.82) is 0 Å². The Kier molecular flexibility index (Phi) is 4.45. The van der Waals surface area contributed by atoms with Crippen LogP contribution < -0.4 is 9.47 Å². The predicted molar refractivity (Wildman–Crippen MR) is 95.8 cm³/mol. The first-order chi connectivity index (χ1) is 11.9. The molecule has 0 radical (unpaired) electrons. The van der Waals surface area contributed by atoms with Gasteiger partial charge in [0.1, 0.15) is 11.5 Å². The van der Waals surface area contributed by atoms with E-state index >= 15 is 0 Å². The number of ether oxygens (including phenoxy) is 2. The zero-order valence-corrected chi connectivity index (χ0v) is 14.8. The number of benzene rings is 2. The van der Waals surface area contributed by atoms with Gasteiger partial charge in [-0.05, 0) is 42.7 Å². The van der Waals surface area contributed by atoms with E-state index in [9.17, 15) is 9.59 Å². The number of hydrogen-bond donors (Lipinski definition) is 0. The maximum Gasteiger partial charge on any atom is 0.313 e. The lowest BCUT2D eigenvalue weighted by Crippen LogP contribution is -2.14. The third kappa shape index (κ3) is 3.33. The largest absolute Gasteiger partial charge is 0.452 e. The molecular formula is C21H20O4. The summed E-state index contributed by atoms with van der Waals surface area (Å²) < 4.78 is 11.1. The Bertz CT molecular complexity index is 891. The normalized spacial score (nSPS) is 14.6. The van der Waals surface area contributed by atoms with Crippen molar-refractivity contribution in [3.63, 3.8) is 0 Å². The molecule has 4 heteroatoms. The molecule has 0 N–H and O–H groups in total. The van der Waals surface area contributed by atoms with Crippen LogP contribution >= 0.6 is 0 Å². The van der Waals surface area contributed by atoms with Gasteiger partial charge in [-0.15, -0.1) is 0 Å². The van der Waals surface area contributed by atoms with E-state index in [-0.39, 0.29) is 23.4 Å². The minimum atomic E-state index is -0.320. The number of ketones is 1. The number of aryl methyl sites for hydroxylation is 2. The van der Waals surface area contributed by atoms with Gasteiger partial charge in [0.05, 0.1) is 11.5 Å². The summed E-state index contributed by atoms with van der Waals surface area (Å²) in [5, 5.41) is 0. The van der Waals surface area contributed by atoms with Crippen LogP contribution in [0.3, 0.4) is 0 Å². The van der Waals surface area contributed by atoms with Gasteiger partial charge in [0, 0.05) is 6.07 Å². The first-order valence-electron chi connectivity index (χ1n) is 8.23. The maximum absolute atomic E-state index is 12.7. The van der Waals surface area contributed by atoms with Crippen LogP contribution in [-0.2, 0) is 4.79 Å². The van der Waals surface area contributed by atoms with E-state index in [4.69, 9.17) is 9.47 Å². The summed E-state index contributed by atoms with van der Waals surface area (Å²) in [5.41, 5.74) is 3.24. The first-order valence-corrected chi connectivity index (χ1v) is 8.23. The Labute approximate surface area is 147 Å². The molecule has 1 aliphatic rings. The Morgan fingerprint density at radius 3 is 2.52 bits per heavy atom. The van der Waals surface area contributed by atoms with Crippen molar-refractivity contribution in [1.82, 2.24) is 0 Å². The quantitative estimate of drug-likeness (QED) is 0.471. The summed E-state index contributed by atoms with van der Waals surface area (Å²) in [4.78, 5) is 24.5. The molecule has 25 heavy (non-hydrogen) atoms. The molecule has 128 valence electrons. The minimum Gasteiger partial charge on any atom is -0.452 e. The van der Waals surface area contributed by atoms with Crippen LogP contribution in [0, 0.1) is 19.8 Å². The fourth-order valence-corrected chi connectivity index (χ4v) is 2.66. The van der Waals surface area contributed by atoms with Crippen LogP contribution in [-0.4, -0.2) is 11.8 Å². The monoisotopic (exact) mass is 336 g/mol. The molecule has 0 atom stereocenters. The van der Waals surface area contributed by atoms with E-state index in [2.05, 4.69) is 0 Å². The Morgan fingerprint density at radius 2 is 1.84 bits per heavy atom. The molecule has 0 amide bonds. The average molecular weight is 336 g/mol. The zero-order chi connectivity index (χ0) is 18.1. The summed E-state index contributed by atoms with van der Waals surface area (Å²) in [7, 11) is 0. The Hall–Kier alpha value is -2.88. The number of esters is 1. The Balaban J connectivity index is 1.95. The maximum atomic E-state index is 12.7. The van der Waals surface area contributed by atoms with E-state index < -0.39 is 0 Å². The van der Waals surface area contributed by atoms with Gasteiger partial charge in [-0.2, -0.15) is 0 Å². The van der Waals surface area contributed by atoms with Crippen molar-refractivity contribution in [3.05, 3.63) is 64.4 Å². The van der Waals surface area contributed by atoms with Gasteiger partial charge in [-0.3, -0.25) is 9.59 Å². The fourth-order valence-electron chi connectivity index (χ4n) is 2.66. The number of Topliss-reactive ketones (excluding diaryl/α,β-unsaturated/α-hetero) is 1. The molecule has 0 spiro atoms. The second-order valence-electron chi connectivity index (χ2n) is 6.49. The highest BCUT2D eigenvalue weighted by Gasteiger charge is 2.30. The van der Waals surface area contributed by atoms with E-state index in [0.717, 1.165) is 16.7 Å². The van der Waals surface area contributed by atoms with Gasteiger partial charge in [0.25, 0.3) is 0 Å². The molecule has 1 aliphatic heterocycles. The van der Waals surface area contributed by atoms with Crippen molar-refractivity contribution in [2.24, 2.45) is 5.92 Å². The minimum absolute atomic E-state index is 0.155. The van der Waals surface area contributed by atoms with Crippen molar-refractivity contribution < 1.29 is 19.1 Å². The first kappa shape index (κ1) is 17.0. The van der Waals surface area contributed by atoms with Crippen LogP contribution in [0.1, 0.15) is 40.9 Å². The molecule has 0 bridgehead atoms. The third-order valence-electron chi connectivity index (χ3n) is 4.11. The van der Waals surface area contributed by atoms with Crippen molar-refractivity contribution in [2.75, 3.05) is 0 Å². The second-order valence-corrected chi connectivity index (χ2v) is 6.49. The molecule has 0 aromatic heterocycles. The number of carbonyl (C=O) groups excluding carboxylic acids is 2. The Morgan fingerprint density at radius 1 is 1.12 bits per heavy atom. The molecule has 0 unspecified atom stereocenters. The number of fused-ring (bicyclic) bond motifs is 1. The predicted octanol–water partition coefficient (Wildman–Crippen LogP) is 4.48. The van der Waals surface area contributed by atoms with Crippen LogP contribution in [0.4, 0.5) is 0 Å². The molecule has 2 aromatic carbocycles. The number of hydrogen-bond acceptors (Lipinski definition) is 4. The van der Waals surface area contributed by atoms with E-state index in [0.29, 0.717) is 17.1 Å². The summed E-state index contributed by atoms with van der Waals surface area (Å²) in [5.74, 6) is 0.389. The van der Waals surface area contributed by atoms with E-state index in [1.807, 2.05) is 38.1 Å². The summed E-state index contributed by atoms with van der Waals surface area (Å²) in [6.45, 7) is 7.33. The number of allylic oxidation sites excluding steroid dienone is 1. The SMILES string of the molecule is Cc1ccccc1/C=C1\Oc2cc(OC(=O)C(C)C)cc(C)c2C1=O. The fraction of sp³-hybridized carbons (Fsp3) is 0.238. The van der Waals surface area contributed by atoms with Gasteiger partial charge in [0.15, 0.2) is 5.76 Å².